The maximum absolute atomic E-state index is 5.32. The fraction of sp³-hybridized carbons (Fsp3) is 0.818. The molecule has 0 aliphatic heterocycles. The van der Waals surface area contributed by atoms with Crippen molar-refractivity contribution in [2.75, 3.05) is 53.2 Å². The summed E-state index contributed by atoms with van der Waals surface area (Å²) in [4.78, 5) is 0. The van der Waals surface area contributed by atoms with Gasteiger partial charge >= 0.3 is 0 Å². The third-order valence-electron chi connectivity index (χ3n) is 1.74. The summed E-state index contributed by atoms with van der Waals surface area (Å²) in [6.07, 6.45) is 2.77. The summed E-state index contributed by atoms with van der Waals surface area (Å²) in [7, 11) is 1.67. The Kier molecular flexibility index (Phi) is 13.2. The van der Waals surface area contributed by atoms with Crippen LogP contribution in [0.1, 0.15) is 6.42 Å². The third-order valence-corrected chi connectivity index (χ3v) is 1.74. The molecule has 4 nitrogen and oxygen atoms in total. The van der Waals surface area contributed by atoms with Crippen molar-refractivity contribution in [3.63, 3.8) is 0 Å². The summed E-state index contributed by atoms with van der Waals surface area (Å²) in [5.41, 5.74) is 0. The van der Waals surface area contributed by atoms with Gasteiger partial charge in [0.2, 0.25) is 0 Å². The first-order chi connectivity index (χ1) is 7.41. The van der Waals surface area contributed by atoms with Gasteiger partial charge in [0.25, 0.3) is 0 Å². The predicted octanol–water partition coefficient (Wildman–Crippen LogP) is 0.832. The fourth-order valence-electron chi connectivity index (χ4n) is 0.927. The molecule has 0 rings (SSSR count). The molecule has 0 aliphatic rings. The van der Waals surface area contributed by atoms with Crippen LogP contribution < -0.4 is 5.32 Å². The molecule has 0 aliphatic carbocycles. The normalized spacial score (nSPS) is 10.5. The highest BCUT2D eigenvalue weighted by Crippen LogP contribution is 1.81. The highest BCUT2D eigenvalue weighted by Gasteiger charge is 1.89. The second-order valence-corrected chi connectivity index (χ2v) is 3.04. The van der Waals surface area contributed by atoms with Crippen LogP contribution in [0.3, 0.4) is 0 Å². The molecule has 0 radical (unpaired) electrons. The molecule has 0 amide bonds. The molecule has 0 saturated heterocycles. The number of methoxy groups -OCH3 is 1. The smallest absolute Gasteiger partial charge is 0.0700 e. The van der Waals surface area contributed by atoms with Gasteiger partial charge in [0.1, 0.15) is 0 Å². The van der Waals surface area contributed by atoms with Gasteiger partial charge < -0.3 is 19.5 Å². The van der Waals surface area contributed by atoms with Crippen molar-refractivity contribution in [1.29, 1.82) is 0 Å². The van der Waals surface area contributed by atoms with Crippen molar-refractivity contribution in [2.24, 2.45) is 0 Å². The maximum atomic E-state index is 5.32. The molecule has 0 heterocycles. The molecule has 0 saturated carbocycles. The Hall–Kier alpha value is -0.420. The Morgan fingerprint density at radius 3 is 2.27 bits per heavy atom. The van der Waals surface area contributed by atoms with E-state index >= 15 is 0 Å². The predicted molar refractivity (Wildman–Crippen MR) is 61.2 cm³/mol. The molecule has 1 N–H and O–H groups in total. The van der Waals surface area contributed by atoms with Gasteiger partial charge in [0.05, 0.1) is 33.0 Å². The molecule has 0 spiro atoms. The zero-order chi connectivity index (χ0) is 11.2. The number of hydrogen-bond donors (Lipinski definition) is 1. The summed E-state index contributed by atoms with van der Waals surface area (Å²) >= 11 is 0. The van der Waals surface area contributed by atoms with E-state index in [1.54, 1.807) is 7.11 Å². The number of nitrogens with one attached hydrogen (secondary N) is 1. The van der Waals surface area contributed by atoms with Crippen molar-refractivity contribution < 1.29 is 14.2 Å². The third kappa shape index (κ3) is 13.6. The first kappa shape index (κ1) is 14.6. The first-order valence-electron chi connectivity index (χ1n) is 5.38. The highest BCUT2D eigenvalue weighted by molar-refractivity contribution is 4.64. The van der Waals surface area contributed by atoms with Crippen LogP contribution in [0, 0.1) is 0 Å². The Bertz CT molecular complexity index is 131. The summed E-state index contributed by atoms with van der Waals surface area (Å²) in [6, 6.07) is 0. The molecular weight excluding hydrogens is 194 g/mol. The number of rotatable bonds is 12. The Balaban J connectivity index is 2.83. The monoisotopic (exact) mass is 217 g/mol. The molecule has 0 aromatic carbocycles. The van der Waals surface area contributed by atoms with Crippen LogP contribution in [0.25, 0.3) is 0 Å². The lowest BCUT2D eigenvalue weighted by molar-refractivity contribution is 0.0706. The lowest BCUT2D eigenvalue weighted by Crippen LogP contribution is -2.24. The van der Waals surface area contributed by atoms with Gasteiger partial charge in [-0.25, -0.2) is 0 Å². The molecule has 0 bridgehead atoms. The van der Waals surface area contributed by atoms with Crippen LogP contribution in [0.2, 0.25) is 0 Å². The molecular formula is C11H23NO3. The van der Waals surface area contributed by atoms with Crippen LogP contribution in [0.15, 0.2) is 12.7 Å². The van der Waals surface area contributed by atoms with E-state index < -0.39 is 0 Å². The lowest BCUT2D eigenvalue weighted by atomic mass is 10.4. The SMILES string of the molecule is C=CCCOCCNCCOCCOC. The Labute approximate surface area is 92.6 Å². The molecule has 0 aromatic heterocycles. The minimum absolute atomic E-state index is 0.657. The second-order valence-electron chi connectivity index (χ2n) is 3.04. The zero-order valence-electron chi connectivity index (χ0n) is 9.67. The molecule has 0 unspecified atom stereocenters. The average molecular weight is 217 g/mol. The van der Waals surface area contributed by atoms with E-state index in [0.29, 0.717) is 13.2 Å². The van der Waals surface area contributed by atoms with Crippen LogP contribution in [0.4, 0.5) is 0 Å². The van der Waals surface area contributed by atoms with Crippen molar-refractivity contribution in [3.05, 3.63) is 12.7 Å². The Morgan fingerprint density at radius 1 is 1.00 bits per heavy atom. The zero-order valence-corrected chi connectivity index (χ0v) is 9.67. The summed E-state index contributed by atoms with van der Waals surface area (Å²) in [5.74, 6) is 0. The molecule has 4 heteroatoms. The van der Waals surface area contributed by atoms with Crippen LogP contribution >= 0.6 is 0 Å². The van der Waals surface area contributed by atoms with E-state index in [9.17, 15) is 0 Å². The van der Waals surface area contributed by atoms with Crippen LogP contribution in [-0.4, -0.2) is 53.2 Å². The van der Waals surface area contributed by atoms with Gasteiger partial charge in [-0.3, -0.25) is 0 Å². The fourth-order valence-corrected chi connectivity index (χ4v) is 0.927. The van der Waals surface area contributed by atoms with Crippen LogP contribution in [0.5, 0.6) is 0 Å². The van der Waals surface area contributed by atoms with E-state index in [2.05, 4.69) is 11.9 Å². The number of hydrogen-bond acceptors (Lipinski definition) is 4. The van der Waals surface area contributed by atoms with E-state index in [-0.39, 0.29) is 0 Å². The second kappa shape index (κ2) is 13.6. The standard InChI is InChI=1S/C11H23NO3/c1-3-4-7-14-8-5-12-6-9-15-11-10-13-2/h3,12H,1,4-11H2,2H3. The highest BCUT2D eigenvalue weighted by atomic mass is 16.5. The lowest BCUT2D eigenvalue weighted by Gasteiger charge is -2.06. The van der Waals surface area contributed by atoms with Gasteiger partial charge in [-0.1, -0.05) is 6.08 Å². The Morgan fingerprint density at radius 2 is 1.67 bits per heavy atom. The van der Waals surface area contributed by atoms with Gasteiger partial charge in [0, 0.05) is 20.2 Å². The minimum Gasteiger partial charge on any atom is -0.382 e. The van der Waals surface area contributed by atoms with Crippen molar-refractivity contribution in [2.45, 2.75) is 6.42 Å². The van der Waals surface area contributed by atoms with E-state index in [0.717, 1.165) is 39.3 Å². The molecule has 0 fully saturated rings. The molecule has 15 heavy (non-hydrogen) atoms. The first-order valence-corrected chi connectivity index (χ1v) is 5.38. The maximum Gasteiger partial charge on any atom is 0.0700 e. The molecule has 90 valence electrons. The molecule has 0 atom stereocenters. The topological polar surface area (TPSA) is 39.7 Å². The summed E-state index contributed by atoms with van der Waals surface area (Å²) in [5, 5.41) is 3.22. The van der Waals surface area contributed by atoms with Gasteiger partial charge in [0.15, 0.2) is 0 Å². The van der Waals surface area contributed by atoms with E-state index in [4.69, 9.17) is 14.2 Å². The molecule has 0 aromatic rings. The summed E-state index contributed by atoms with van der Waals surface area (Å²) < 4.78 is 15.5. The van der Waals surface area contributed by atoms with Crippen molar-refractivity contribution in [3.8, 4) is 0 Å². The van der Waals surface area contributed by atoms with Gasteiger partial charge in [-0.05, 0) is 6.42 Å². The number of ether oxygens (including phenoxy) is 3. The van der Waals surface area contributed by atoms with Gasteiger partial charge in [-0.15, -0.1) is 6.58 Å². The minimum atomic E-state index is 0.657. The van der Waals surface area contributed by atoms with Crippen LogP contribution in [-0.2, 0) is 14.2 Å². The largest absolute Gasteiger partial charge is 0.382 e. The van der Waals surface area contributed by atoms with Crippen molar-refractivity contribution in [1.82, 2.24) is 5.32 Å². The van der Waals surface area contributed by atoms with Gasteiger partial charge in [-0.2, -0.15) is 0 Å². The average Bonchev–Trinajstić information content (AvgIpc) is 2.26. The van der Waals surface area contributed by atoms with Crippen molar-refractivity contribution >= 4 is 0 Å². The quantitative estimate of drug-likeness (QED) is 0.388. The van der Waals surface area contributed by atoms with E-state index in [1.807, 2.05) is 6.08 Å². The summed E-state index contributed by atoms with van der Waals surface area (Å²) in [6.45, 7) is 8.88. The van der Waals surface area contributed by atoms with E-state index in [1.165, 1.54) is 0 Å².